The lowest BCUT2D eigenvalue weighted by Crippen LogP contribution is -2.37. The summed E-state index contributed by atoms with van der Waals surface area (Å²) in [5.74, 6) is 0.721. The first-order valence-electron chi connectivity index (χ1n) is 9.09. The molecule has 2 fully saturated rings. The van der Waals surface area contributed by atoms with Crippen molar-refractivity contribution in [3.8, 4) is 0 Å². The molecule has 4 N–H and O–H groups in total. The number of anilines is 2. The van der Waals surface area contributed by atoms with Crippen molar-refractivity contribution in [1.29, 1.82) is 0 Å². The van der Waals surface area contributed by atoms with E-state index in [-0.39, 0.29) is 17.7 Å². The van der Waals surface area contributed by atoms with E-state index >= 15 is 0 Å². The second-order valence-electron chi connectivity index (χ2n) is 7.18. The lowest BCUT2D eigenvalue weighted by molar-refractivity contribution is -0.118. The van der Waals surface area contributed by atoms with Gasteiger partial charge in [-0.2, -0.15) is 0 Å². The second kappa shape index (κ2) is 7.79. The third kappa shape index (κ3) is 4.81. The smallest absolute Gasteiger partial charge is 0.241 e. The van der Waals surface area contributed by atoms with Crippen molar-refractivity contribution in [1.82, 2.24) is 0 Å². The minimum absolute atomic E-state index is 0.0845. The van der Waals surface area contributed by atoms with Crippen LogP contribution in [0.4, 0.5) is 11.4 Å². The fourth-order valence-electron chi connectivity index (χ4n) is 3.35. The molecule has 2 aliphatic rings. The van der Waals surface area contributed by atoms with Crippen LogP contribution in [0.2, 0.25) is 0 Å². The Balaban J connectivity index is 1.47. The molecule has 2 amide bonds. The molecule has 0 bridgehead atoms. The highest BCUT2D eigenvalue weighted by atomic mass is 16.2. The maximum absolute atomic E-state index is 12.2. The van der Waals surface area contributed by atoms with Crippen LogP contribution in [-0.4, -0.2) is 17.9 Å². The standard InChI is InChI=1S/C19H27N3O2/c20-17(12-13-4-2-1-3-5-13)19(24)22-16-10-8-15(9-11-16)21-18(23)14-6-7-14/h8-11,13-14,17H,1-7,12,20H2,(H,21,23)(H,22,24). The van der Waals surface area contributed by atoms with Crippen molar-refractivity contribution in [2.45, 2.75) is 57.4 Å². The van der Waals surface area contributed by atoms with Gasteiger partial charge in [-0.25, -0.2) is 0 Å². The SMILES string of the molecule is NC(CC1CCCCC1)C(=O)Nc1ccc(NC(=O)C2CC2)cc1. The molecule has 1 aromatic carbocycles. The number of carbonyl (C=O) groups is 2. The first-order valence-corrected chi connectivity index (χ1v) is 9.09. The van der Waals surface area contributed by atoms with Crippen LogP contribution in [0.3, 0.4) is 0 Å². The van der Waals surface area contributed by atoms with Gasteiger partial charge < -0.3 is 16.4 Å². The Morgan fingerprint density at radius 2 is 1.54 bits per heavy atom. The topological polar surface area (TPSA) is 84.2 Å². The van der Waals surface area contributed by atoms with Crippen LogP contribution in [-0.2, 0) is 9.59 Å². The van der Waals surface area contributed by atoms with Crippen LogP contribution in [0.1, 0.15) is 51.4 Å². The normalized spacial score (nSPS) is 19.5. The predicted octanol–water partition coefficient (Wildman–Crippen LogP) is 3.27. The summed E-state index contributed by atoms with van der Waals surface area (Å²) < 4.78 is 0. The summed E-state index contributed by atoms with van der Waals surface area (Å²) in [5.41, 5.74) is 7.54. The summed E-state index contributed by atoms with van der Waals surface area (Å²) in [7, 11) is 0. The molecule has 1 aromatic rings. The van der Waals surface area contributed by atoms with E-state index < -0.39 is 6.04 Å². The molecule has 0 aromatic heterocycles. The van der Waals surface area contributed by atoms with Crippen molar-refractivity contribution in [3.63, 3.8) is 0 Å². The van der Waals surface area contributed by atoms with Crippen molar-refractivity contribution >= 4 is 23.2 Å². The van der Waals surface area contributed by atoms with Crippen molar-refractivity contribution in [2.75, 3.05) is 10.6 Å². The van der Waals surface area contributed by atoms with Gasteiger partial charge in [-0.3, -0.25) is 9.59 Å². The van der Waals surface area contributed by atoms with Gasteiger partial charge in [0, 0.05) is 17.3 Å². The van der Waals surface area contributed by atoms with Crippen molar-refractivity contribution < 1.29 is 9.59 Å². The lowest BCUT2D eigenvalue weighted by Gasteiger charge is -2.24. The Morgan fingerprint density at radius 3 is 2.12 bits per heavy atom. The monoisotopic (exact) mass is 329 g/mol. The Morgan fingerprint density at radius 1 is 0.958 bits per heavy atom. The molecule has 130 valence electrons. The van der Waals surface area contributed by atoms with Crippen LogP contribution < -0.4 is 16.4 Å². The number of nitrogens with two attached hydrogens (primary N) is 1. The van der Waals surface area contributed by atoms with E-state index in [0.29, 0.717) is 11.6 Å². The minimum atomic E-state index is -0.456. The predicted molar refractivity (Wildman–Crippen MR) is 95.6 cm³/mol. The number of hydrogen-bond acceptors (Lipinski definition) is 3. The average molecular weight is 329 g/mol. The fourth-order valence-corrected chi connectivity index (χ4v) is 3.35. The Bertz CT molecular complexity index is 575. The molecule has 1 unspecified atom stereocenters. The molecule has 0 aliphatic heterocycles. The van der Waals surface area contributed by atoms with Crippen LogP contribution >= 0.6 is 0 Å². The Hall–Kier alpha value is -1.88. The molecular weight excluding hydrogens is 302 g/mol. The molecular formula is C19H27N3O2. The van der Waals surface area contributed by atoms with E-state index in [1.165, 1.54) is 32.1 Å². The van der Waals surface area contributed by atoms with E-state index in [9.17, 15) is 9.59 Å². The van der Waals surface area contributed by atoms with E-state index in [0.717, 1.165) is 24.9 Å². The number of amides is 2. The zero-order chi connectivity index (χ0) is 16.9. The van der Waals surface area contributed by atoms with Crippen LogP contribution in [0.5, 0.6) is 0 Å². The van der Waals surface area contributed by atoms with Crippen LogP contribution in [0.15, 0.2) is 24.3 Å². The molecule has 0 heterocycles. The maximum Gasteiger partial charge on any atom is 0.241 e. The molecule has 0 spiro atoms. The summed E-state index contributed by atoms with van der Waals surface area (Å²) in [6, 6.07) is 6.76. The first kappa shape index (κ1) is 17.0. The zero-order valence-corrected chi connectivity index (χ0v) is 14.1. The number of hydrogen-bond donors (Lipinski definition) is 3. The van der Waals surface area contributed by atoms with Gasteiger partial charge in [0.05, 0.1) is 6.04 Å². The van der Waals surface area contributed by atoms with Crippen molar-refractivity contribution in [3.05, 3.63) is 24.3 Å². The first-order chi connectivity index (χ1) is 11.6. The molecule has 0 saturated heterocycles. The third-order valence-corrected chi connectivity index (χ3v) is 5.02. The molecule has 3 rings (SSSR count). The van der Waals surface area contributed by atoms with Gasteiger partial charge in [-0.05, 0) is 49.4 Å². The maximum atomic E-state index is 12.2. The molecule has 1 atom stereocenters. The summed E-state index contributed by atoms with van der Waals surface area (Å²) in [6.45, 7) is 0. The van der Waals surface area contributed by atoms with E-state index in [4.69, 9.17) is 5.73 Å². The summed E-state index contributed by atoms with van der Waals surface area (Å²) in [6.07, 6.45) is 8.94. The summed E-state index contributed by atoms with van der Waals surface area (Å²) in [5, 5.41) is 5.76. The highest BCUT2D eigenvalue weighted by molar-refractivity contribution is 5.96. The van der Waals surface area contributed by atoms with Crippen LogP contribution in [0.25, 0.3) is 0 Å². The van der Waals surface area contributed by atoms with E-state index in [1.807, 2.05) is 12.1 Å². The third-order valence-electron chi connectivity index (χ3n) is 5.02. The fraction of sp³-hybridized carbons (Fsp3) is 0.579. The van der Waals surface area contributed by atoms with Crippen molar-refractivity contribution in [2.24, 2.45) is 17.6 Å². The second-order valence-corrected chi connectivity index (χ2v) is 7.18. The molecule has 0 radical (unpaired) electrons. The number of rotatable bonds is 6. The van der Waals surface area contributed by atoms with E-state index in [2.05, 4.69) is 10.6 Å². The van der Waals surface area contributed by atoms with Crippen LogP contribution in [0, 0.1) is 11.8 Å². The van der Waals surface area contributed by atoms with Gasteiger partial charge in [0.2, 0.25) is 11.8 Å². The highest BCUT2D eigenvalue weighted by Crippen LogP contribution is 2.30. The average Bonchev–Trinajstić information content (AvgIpc) is 3.42. The number of carbonyl (C=O) groups excluding carboxylic acids is 2. The summed E-state index contributed by atoms with van der Waals surface area (Å²) >= 11 is 0. The molecule has 2 aliphatic carbocycles. The molecule has 2 saturated carbocycles. The van der Waals surface area contributed by atoms with Gasteiger partial charge in [-0.15, -0.1) is 0 Å². The minimum Gasteiger partial charge on any atom is -0.326 e. The zero-order valence-electron chi connectivity index (χ0n) is 14.1. The molecule has 5 nitrogen and oxygen atoms in total. The lowest BCUT2D eigenvalue weighted by atomic mass is 9.85. The Kier molecular flexibility index (Phi) is 5.51. The number of benzene rings is 1. The van der Waals surface area contributed by atoms with Gasteiger partial charge in [0.15, 0.2) is 0 Å². The molecule has 5 heteroatoms. The quantitative estimate of drug-likeness (QED) is 0.749. The van der Waals surface area contributed by atoms with Gasteiger partial charge >= 0.3 is 0 Å². The van der Waals surface area contributed by atoms with Gasteiger partial charge in [0.25, 0.3) is 0 Å². The highest BCUT2D eigenvalue weighted by Gasteiger charge is 2.29. The number of nitrogens with one attached hydrogen (secondary N) is 2. The summed E-state index contributed by atoms with van der Waals surface area (Å²) in [4.78, 5) is 24.0. The Labute approximate surface area is 143 Å². The van der Waals surface area contributed by atoms with E-state index in [1.54, 1.807) is 12.1 Å². The largest absolute Gasteiger partial charge is 0.326 e. The molecule has 24 heavy (non-hydrogen) atoms. The van der Waals surface area contributed by atoms with Gasteiger partial charge in [-0.1, -0.05) is 32.1 Å². The van der Waals surface area contributed by atoms with Gasteiger partial charge in [0.1, 0.15) is 0 Å².